The van der Waals surface area contributed by atoms with Gasteiger partial charge in [0.15, 0.2) is 5.60 Å². The lowest BCUT2D eigenvalue weighted by atomic mass is 10.1. The summed E-state index contributed by atoms with van der Waals surface area (Å²) in [6, 6.07) is 3.34. The van der Waals surface area contributed by atoms with Crippen LogP contribution in [0, 0.1) is 5.82 Å². The lowest BCUT2D eigenvalue weighted by Gasteiger charge is -2.20. The Kier molecular flexibility index (Phi) is 5.81. The molecule has 0 aliphatic heterocycles. The number of benzene rings is 1. The van der Waals surface area contributed by atoms with Crippen LogP contribution < -0.4 is 10.0 Å². The second-order valence-electron chi connectivity index (χ2n) is 5.07. The predicted octanol–water partition coefficient (Wildman–Crippen LogP) is -0.556. The highest BCUT2D eigenvalue weighted by Crippen LogP contribution is 2.13. The number of carboxylic acid groups (broad SMARTS) is 1. The maximum Gasteiger partial charge on any atom is 0.337 e. The van der Waals surface area contributed by atoms with Gasteiger partial charge in [0.05, 0.1) is 12.6 Å². The van der Waals surface area contributed by atoms with Crippen molar-refractivity contribution < 1.29 is 32.6 Å². The van der Waals surface area contributed by atoms with Crippen molar-refractivity contribution in [1.82, 2.24) is 10.0 Å². The van der Waals surface area contributed by atoms with Crippen LogP contribution in [0.3, 0.4) is 0 Å². The molecule has 0 saturated carbocycles. The summed E-state index contributed by atoms with van der Waals surface area (Å²) in [5.41, 5.74) is -2.19. The van der Waals surface area contributed by atoms with E-state index in [1.807, 2.05) is 4.72 Å². The first-order chi connectivity index (χ1) is 10.5. The van der Waals surface area contributed by atoms with Crippen molar-refractivity contribution in [2.24, 2.45) is 0 Å². The molecule has 23 heavy (non-hydrogen) atoms. The minimum absolute atomic E-state index is 0.614. The second-order valence-corrected chi connectivity index (χ2v) is 6.75. The number of carbonyl (C=O) groups excluding carboxylic acids is 1. The summed E-state index contributed by atoms with van der Waals surface area (Å²) in [5.74, 6) is -3.38. The first-order valence-electron chi connectivity index (χ1n) is 6.48. The summed E-state index contributed by atoms with van der Waals surface area (Å²) in [5, 5.41) is 20.3. The molecule has 2 atom stereocenters. The van der Waals surface area contributed by atoms with Crippen LogP contribution in [0.15, 0.2) is 29.2 Å². The van der Waals surface area contributed by atoms with Crippen molar-refractivity contribution in [2.45, 2.75) is 30.4 Å². The van der Waals surface area contributed by atoms with Gasteiger partial charge in [0, 0.05) is 0 Å². The Labute approximate surface area is 132 Å². The van der Waals surface area contributed by atoms with Gasteiger partial charge in [0.1, 0.15) is 10.7 Å². The quantitative estimate of drug-likeness (QED) is 0.522. The van der Waals surface area contributed by atoms with Gasteiger partial charge in [-0.25, -0.2) is 17.6 Å². The number of sulfonamides is 1. The van der Waals surface area contributed by atoms with E-state index < -0.39 is 50.8 Å². The highest BCUT2D eigenvalue weighted by molar-refractivity contribution is 7.89. The topological polar surface area (TPSA) is 133 Å². The van der Waals surface area contributed by atoms with E-state index >= 15 is 0 Å². The molecule has 0 radical (unpaired) electrons. The molecule has 8 nitrogen and oxygen atoms in total. The van der Waals surface area contributed by atoms with E-state index in [0.29, 0.717) is 0 Å². The van der Waals surface area contributed by atoms with Gasteiger partial charge in [-0.2, -0.15) is 4.72 Å². The fourth-order valence-corrected chi connectivity index (χ4v) is 2.78. The normalized spacial score (nSPS) is 15.5. The molecule has 0 aliphatic rings. The van der Waals surface area contributed by atoms with E-state index in [9.17, 15) is 27.5 Å². The second kappa shape index (κ2) is 7.02. The number of carbonyl (C=O) groups is 2. The Morgan fingerprint density at radius 1 is 1.35 bits per heavy atom. The van der Waals surface area contributed by atoms with Crippen LogP contribution in [0.4, 0.5) is 4.39 Å². The molecular weight excluding hydrogens is 331 g/mol. The van der Waals surface area contributed by atoms with Gasteiger partial charge >= 0.3 is 5.97 Å². The predicted molar refractivity (Wildman–Crippen MR) is 77.5 cm³/mol. The van der Waals surface area contributed by atoms with Crippen LogP contribution in [0.5, 0.6) is 0 Å². The van der Waals surface area contributed by atoms with Crippen molar-refractivity contribution in [3.8, 4) is 0 Å². The van der Waals surface area contributed by atoms with Gasteiger partial charge in [-0.3, -0.25) is 4.79 Å². The molecule has 10 heteroatoms. The molecule has 0 aromatic heterocycles. The molecule has 0 spiro atoms. The van der Waals surface area contributed by atoms with E-state index in [2.05, 4.69) is 5.32 Å². The van der Waals surface area contributed by atoms with Crippen LogP contribution >= 0.6 is 0 Å². The number of aliphatic carboxylic acids is 1. The third-order valence-electron chi connectivity index (χ3n) is 2.92. The fourth-order valence-electron chi connectivity index (χ4n) is 1.50. The number of carboxylic acids is 1. The van der Waals surface area contributed by atoms with E-state index in [-0.39, 0.29) is 0 Å². The summed E-state index contributed by atoms with van der Waals surface area (Å²) in [6.45, 7) is 1.56. The summed E-state index contributed by atoms with van der Waals surface area (Å²) >= 11 is 0. The molecule has 0 saturated heterocycles. The van der Waals surface area contributed by atoms with Crippen LogP contribution in [0.25, 0.3) is 0 Å². The standard InChI is InChI=1S/C13H17FN2O6S/c1-8(11(17)15-7-13(2,20)12(18)19)16-23(21,22)10-6-4-3-5-9(10)14/h3-6,8,16,20H,7H2,1-2H3,(H,15,17)(H,18,19). The summed E-state index contributed by atoms with van der Waals surface area (Å²) < 4.78 is 39.5. The fraction of sp³-hybridized carbons (Fsp3) is 0.385. The Balaban J connectivity index is 2.76. The lowest BCUT2D eigenvalue weighted by molar-refractivity contribution is -0.156. The van der Waals surface area contributed by atoms with E-state index in [4.69, 9.17) is 5.11 Å². The average Bonchev–Trinajstić information content (AvgIpc) is 2.44. The minimum atomic E-state index is -4.27. The zero-order chi connectivity index (χ0) is 17.8. The highest BCUT2D eigenvalue weighted by atomic mass is 32.2. The average molecular weight is 348 g/mol. The van der Waals surface area contributed by atoms with Crippen molar-refractivity contribution in [3.63, 3.8) is 0 Å². The monoisotopic (exact) mass is 348 g/mol. The molecule has 1 aromatic rings. The van der Waals surface area contributed by atoms with Gasteiger partial charge in [0.25, 0.3) is 0 Å². The molecule has 4 N–H and O–H groups in total. The number of aliphatic hydroxyl groups is 1. The molecule has 0 heterocycles. The summed E-state index contributed by atoms with van der Waals surface area (Å²) in [6.07, 6.45) is 0. The third kappa shape index (κ3) is 4.98. The first kappa shape index (κ1) is 19.0. The molecule has 1 amide bonds. The molecule has 0 aliphatic carbocycles. The SMILES string of the molecule is CC(NS(=O)(=O)c1ccccc1F)C(=O)NCC(C)(O)C(=O)O. The van der Waals surface area contributed by atoms with Gasteiger partial charge in [-0.05, 0) is 26.0 Å². The van der Waals surface area contributed by atoms with E-state index in [0.717, 1.165) is 19.1 Å². The van der Waals surface area contributed by atoms with Gasteiger partial charge in [-0.1, -0.05) is 12.1 Å². The molecule has 1 aromatic carbocycles. The Bertz CT molecular complexity index is 704. The van der Waals surface area contributed by atoms with Crippen LogP contribution in [0.1, 0.15) is 13.8 Å². The lowest BCUT2D eigenvalue weighted by Crippen LogP contribution is -2.51. The van der Waals surface area contributed by atoms with Gasteiger partial charge in [0.2, 0.25) is 15.9 Å². The van der Waals surface area contributed by atoms with Crippen LogP contribution in [-0.2, 0) is 19.6 Å². The first-order valence-corrected chi connectivity index (χ1v) is 7.96. The maximum atomic E-state index is 13.5. The zero-order valence-corrected chi connectivity index (χ0v) is 13.2. The van der Waals surface area contributed by atoms with Crippen molar-refractivity contribution in [2.75, 3.05) is 6.54 Å². The number of hydrogen-bond donors (Lipinski definition) is 4. The van der Waals surface area contributed by atoms with Crippen molar-refractivity contribution >= 4 is 21.9 Å². The number of hydrogen-bond acceptors (Lipinski definition) is 5. The Morgan fingerprint density at radius 3 is 2.43 bits per heavy atom. The number of halogens is 1. The number of rotatable bonds is 7. The largest absolute Gasteiger partial charge is 0.479 e. The van der Waals surface area contributed by atoms with Gasteiger partial charge in [-0.15, -0.1) is 0 Å². The molecule has 1 rings (SSSR count). The molecule has 128 valence electrons. The van der Waals surface area contributed by atoms with Crippen LogP contribution in [-0.4, -0.2) is 48.7 Å². The third-order valence-corrected chi connectivity index (χ3v) is 4.49. The number of amides is 1. The summed E-state index contributed by atoms with van der Waals surface area (Å²) in [4.78, 5) is 21.9. The molecule has 0 bridgehead atoms. The van der Waals surface area contributed by atoms with E-state index in [1.165, 1.54) is 19.1 Å². The molecule has 2 unspecified atom stereocenters. The summed E-state index contributed by atoms with van der Waals surface area (Å²) in [7, 11) is -4.27. The zero-order valence-electron chi connectivity index (χ0n) is 12.4. The van der Waals surface area contributed by atoms with Crippen molar-refractivity contribution in [1.29, 1.82) is 0 Å². The number of nitrogens with one attached hydrogen (secondary N) is 2. The highest BCUT2D eigenvalue weighted by Gasteiger charge is 2.31. The molecular formula is C13H17FN2O6S. The minimum Gasteiger partial charge on any atom is -0.479 e. The maximum absolute atomic E-state index is 13.5. The van der Waals surface area contributed by atoms with E-state index in [1.54, 1.807) is 0 Å². The van der Waals surface area contributed by atoms with Crippen LogP contribution in [0.2, 0.25) is 0 Å². The Morgan fingerprint density at radius 2 is 1.91 bits per heavy atom. The Hall–Kier alpha value is -2.04. The van der Waals surface area contributed by atoms with Crippen molar-refractivity contribution in [3.05, 3.63) is 30.1 Å². The smallest absolute Gasteiger partial charge is 0.337 e. The molecule has 0 fully saturated rings. The van der Waals surface area contributed by atoms with Gasteiger partial charge < -0.3 is 15.5 Å².